The number of nitrogens with zero attached hydrogens (tertiary/aromatic N) is 3. The summed E-state index contributed by atoms with van der Waals surface area (Å²) in [6, 6.07) is 6.91. The van der Waals surface area contributed by atoms with Gasteiger partial charge in [0.2, 0.25) is 17.6 Å². The number of ether oxygens (including phenoxy) is 1. The van der Waals surface area contributed by atoms with E-state index in [0.717, 1.165) is 0 Å². The molecule has 0 unspecified atom stereocenters. The lowest BCUT2D eigenvalue weighted by molar-refractivity contribution is -0.123. The molecule has 0 spiro atoms. The molecule has 2 amide bonds. The summed E-state index contributed by atoms with van der Waals surface area (Å²) in [6.45, 7) is 3.00. The molecule has 0 aliphatic carbocycles. The zero-order valence-corrected chi connectivity index (χ0v) is 14.0. The fourth-order valence-electron chi connectivity index (χ4n) is 2.79. The molecule has 0 bridgehead atoms. The van der Waals surface area contributed by atoms with Crippen molar-refractivity contribution in [1.82, 2.24) is 15.0 Å². The van der Waals surface area contributed by atoms with Gasteiger partial charge in [0.15, 0.2) is 6.61 Å². The zero-order valence-electron chi connectivity index (χ0n) is 14.0. The van der Waals surface area contributed by atoms with Gasteiger partial charge in [0, 0.05) is 31.5 Å². The zero-order chi connectivity index (χ0) is 17.8. The Morgan fingerprint density at radius 1 is 1.28 bits per heavy atom. The second-order valence-electron chi connectivity index (χ2n) is 6.01. The van der Waals surface area contributed by atoms with Crippen LogP contribution in [0.1, 0.15) is 34.9 Å². The normalized spacial score (nSPS) is 15.2. The van der Waals surface area contributed by atoms with E-state index in [9.17, 15) is 9.59 Å². The number of benzene rings is 1. The summed E-state index contributed by atoms with van der Waals surface area (Å²) in [5.41, 5.74) is 5.90. The van der Waals surface area contributed by atoms with Gasteiger partial charge in [0.1, 0.15) is 5.75 Å². The number of hydrogen-bond acceptors (Lipinski definition) is 6. The number of aromatic nitrogens is 2. The third kappa shape index (κ3) is 4.14. The summed E-state index contributed by atoms with van der Waals surface area (Å²) in [5, 5.41) is 3.75. The van der Waals surface area contributed by atoms with Crippen molar-refractivity contribution in [2.75, 3.05) is 13.1 Å². The first-order chi connectivity index (χ1) is 12.0. The largest absolute Gasteiger partial charge is 0.485 e. The Kier molecular flexibility index (Phi) is 4.97. The molecule has 0 saturated carbocycles. The Hall–Kier alpha value is -2.90. The highest BCUT2D eigenvalue weighted by Gasteiger charge is 2.26. The standard InChI is InChI=1S/C17H20N4O4/c1-11-19-15(20-25-11)10-24-14-4-2-13(3-5-14)17(23)21-8-6-12(7-9-21)16(18)22/h2-5,12H,6-10H2,1H3,(H2,18,22). The quantitative estimate of drug-likeness (QED) is 0.875. The van der Waals surface area contributed by atoms with E-state index in [1.165, 1.54) is 0 Å². The second kappa shape index (κ2) is 7.33. The first-order valence-corrected chi connectivity index (χ1v) is 8.13. The first kappa shape index (κ1) is 16.9. The fraction of sp³-hybridized carbons (Fsp3) is 0.412. The Morgan fingerprint density at radius 2 is 1.96 bits per heavy atom. The van der Waals surface area contributed by atoms with Crippen LogP contribution in [0.5, 0.6) is 5.75 Å². The average Bonchev–Trinajstić information content (AvgIpc) is 3.05. The van der Waals surface area contributed by atoms with Gasteiger partial charge in [-0.05, 0) is 37.1 Å². The van der Waals surface area contributed by atoms with E-state index in [4.69, 9.17) is 15.0 Å². The lowest BCUT2D eigenvalue weighted by Gasteiger charge is -2.30. The highest BCUT2D eigenvalue weighted by atomic mass is 16.5. The maximum absolute atomic E-state index is 12.5. The Balaban J connectivity index is 1.54. The van der Waals surface area contributed by atoms with Crippen molar-refractivity contribution in [3.8, 4) is 5.75 Å². The van der Waals surface area contributed by atoms with Crippen LogP contribution >= 0.6 is 0 Å². The number of aryl methyl sites for hydroxylation is 1. The van der Waals surface area contributed by atoms with Crippen LogP contribution in [0.2, 0.25) is 0 Å². The monoisotopic (exact) mass is 344 g/mol. The minimum absolute atomic E-state index is 0.0525. The number of carbonyl (C=O) groups is 2. The van der Waals surface area contributed by atoms with Crippen molar-refractivity contribution in [3.63, 3.8) is 0 Å². The van der Waals surface area contributed by atoms with Crippen LogP contribution in [-0.4, -0.2) is 39.9 Å². The van der Waals surface area contributed by atoms with Gasteiger partial charge in [0.05, 0.1) is 0 Å². The van der Waals surface area contributed by atoms with Crippen molar-refractivity contribution in [2.24, 2.45) is 11.7 Å². The molecule has 8 heteroatoms. The molecule has 1 saturated heterocycles. The molecule has 1 aliphatic heterocycles. The molecule has 132 valence electrons. The molecule has 1 aromatic heterocycles. The lowest BCUT2D eigenvalue weighted by atomic mass is 9.96. The maximum Gasteiger partial charge on any atom is 0.253 e. The summed E-state index contributed by atoms with van der Waals surface area (Å²) >= 11 is 0. The van der Waals surface area contributed by atoms with Gasteiger partial charge in [-0.2, -0.15) is 4.98 Å². The molecule has 2 aromatic rings. The number of carbonyl (C=O) groups excluding carboxylic acids is 2. The molecule has 2 heterocycles. The Bertz CT molecular complexity index is 748. The summed E-state index contributed by atoms with van der Waals surface area (Å²) in [6.07, 6.45) is 1.23. The predicted octanol–water partition coefficient (Wildman–Crippen LogP) is 1.29. The third-order valence-corrected chi connectivity index (χ3v) is 4.22. The van der Waals surface area contributed by atoms with E-state index in [1.54, 1.807) is 36.1 Å². The summed E-state index contributed by atoms with van der Waals surface area (Å²) in [7, 11) is 0. The van der Waals surface area contributed by atoms with Gasteiger partial charge in [-0.3, -0.25) is 9.59 Å². The number of primary amides is 1. The van der Waals surface area contributed by atoms with Crippen LogP contribution in [0.15, 0.2) is 28.8 Å². The van der Waals surface area contributed by atoms with Crippen molar-refractivity contribution in [3.05, 3.63) is 41.5 Å². The maximum atomic E-state index is 12.5. The fourth-order valence-corrected chi connectivity index (χ4v) is 2.79. The van der Waals surface area contributed by atoms with Gasteiger partial charge >= 0.3 is 0 Å². The molecule has 0 radical (unpaired) electrons. The summed E-state index contributed by atoms with van der Waals surface area (Å²) in [5.74, 6) is 1.10. The van der Waals surface area contributed by atoms with Gasteiger partial charge in [-0.25, -0.2) is 0 Å². The van der Waals surface area contributed by atoms with Crippen LogP contribution in [-0.2, 0) is 11.4 Å². The molecular formula is C17H20N4O4. The number of piperidine rings is 1. The molecular weight excluding hydrogens is 324 g/mol. The molecule has 1 aromatic carbocycles. The van der Waals surface area contributed by atoms with Crippen LogP contribution in [0, 0.1) is 12.8 Å². The van der Waals surface area contributed by atoms with Crippen LogP contribution in [0.25, 0.3) is 0 Å². The van der Waals surface area contributed by atoms with Crippen molar-refractivity contribution in [1.29, 1.82) is 0 Å². The van der Waals surface area contributed by atoms with Crippen molar-refractivity contribution in [2.45, 2.75) is 26.4 Å². The second-order valence-corrected chi connectivity index (χ2v) is 6.01. The van der Waals surface area contributed by atoms with Gasteiger partial charge in [0.25, 0.3) is 5.91 Å². The number of nitrogens with two attached hydrogens (primary N) is 1. The number of amides is 2. The topological polar surface area (TPSA) is 112 Å². The van der Waals surface area contributed by atoms with Gasteiger partial charge in [-0.15, -0.1) is 0 Å². The van der Waals surface area contributed by atoms with E-state index >= 15 is 0 Å². The third-order valence-electron chi connectivity index (χ3n) is 4.22. The highest BCUT2D eigenvalue weighted by molar-refractivity contribution is 5.94. The van der Waals surface area contributed by atoms with E-state index in [-0.39, 0.29) is 24.3 Å². The van der Waals surface area contributed by atoms with Crippen LogP contribution < -0.4 is 10.5 Å². The van der Waals surface area contributed by atoms with E-state index in [0.29, 0.717) is 49.0 Å². The van der Waals surface area contributed by atoms with Crippen molar-refractivity contribution < 1.29 is 18.8 Å². The van der Waals surface area contributed by atoms with Crippen LogP contribution in [0.4, 0.5) is 0 Å². The summed E-state index contributed by atoms with van der Waals surface area (Å²) < 4.78 is 10.4. The van der Waals surface area contributed by atoms with Gasteiger partial charge < -0.3 is 19.9 Å². The molecule has 0 atom stereocenters. The molecule has 8 nitrogen and oxygen atoms in total. The van der Waals surface area contributed by atoms with Crippen LogP contribution in [0.3, 0.4) is 0 Å². The van der Waals surface area contributed by atoms with E-state index in [1.807, 2.05) is 0 Å². The smallest absolute Gasteiger partial charge is 0.253 e. The van der Waals surface area contributed by atoms with E-state index in [2.05, 4.69) is 10.1 Å². The predicted molar refractivity (Wildman–Crippen MR) is 87.6 cm³/mol. The number of rotatable bonds is 5. The molecule has 25 heavy (non-hydrogen) atoms. The molecule has 1 aliphatic rings. The molecule has 2 N–H and O–H groups in total. The highest BCUT2D eigenvalue weighted by Crippen LogP contribution is 2.20. The number of likely N-dealkylation sites (tertiary alicyclic amines) is 1. The first-order valence-electron chi connectivity index (χ1n) is 8.13. The molecule has 1 fully saturated rings. The minimum atomic E-state index is -0.287. The molecule has 3 rings (SSSR count). The summed E-state index contributed by atoms with van der Waals surface area (Å²) in [4.78, 5) is 29.5. The number of hydrogen-bond donors (Lipinski definition) is 1. The minimum Gasteiger partial charge on any atom is -0.485 e. The van der Waals surface area contributed by atoms with E-state index < -0.39 is 0 Å². The Morgan fingerprint density at radius 3 is 2.52 bits per heavy atom. The Labute approximate surface area is 144 Å². The average molecular weight is 344 g/mol. The SMILES string of the molecule is Cc1nc(COc2ccc(C(=O)N3CCC(C(N)=O)CC3)cc2)no1. The van der Waals surface area contributed by atoms with Crippen molar-refractivity contribution >= 4 is 11.8 Å². The lowest BCUT2D eigenvalue weighted by Crippen LogP contribution is -2.41. The van der Waals surface area contributed by atoms with Gasteiger partial charge in [-0.1, -0.05) is 5.16 Å².